The molecule has 0 saturated heterocycles. The van der Waals surface area contributed by atoms with Gasteiger partial charge in [0.2, 0.25) is 0 Å². The van der Waals surface area contributed by atoms with Crippen LogP contribution in [0.3, 0.4) is 0 Å². The van der Waals surface area contributed by atoms with Crippen LogP contribution >= 0.6 is 11.6 Å². The van der Waals surface area contributed by atoms with Crippen molar-refractivity contribution in [3.8, 4) is 0 Å². The highest BCUT2D eigenvalue weighted by molar-refractivity contribution is 6.31. The van der Waals surface area contributed by atoms with E-state index in [-0.39, 0.29) is 11.9 Å². The molecule has 1 atom stereocenters. The van der Waals surface area contributed by atoms with E-state index in [9.17, 15) is 4.39 Å². The Morgan fingerprint density at radius 1 is 1.30 bits per heavy atom. The number of hydrogen-bond acceptors (Lipinski definition) is 2. The number of nitrogens with zero attached hydrogens (tertiary/aromatic N) is 1. The minimum atomic E-state index is -0.320. The van der Waals surface area contributed by atoms with Crippen LogP contribution < -0.4 is 5.32 Å². The Labute approximate surface area is 124 Å². The molecule has 0 saturated carbocycles. The summed E-state index contributed by atoms with van der Waals surface area (Å²) < 4.78 is 13.1. The van der Waals surface area contributed by atoms with Crippen molar-refractivity contribution in [1.29, 1.82) is 0 Å². The highest BCUT2D eigenvalue weighted by atomic mass is 35.5. The zero-order valence-corrected chi connectivity index (χ0v) is 12.4. The first kappa shape index (κ1) is 14.9. The topological polar surface area (TPSA) is 24.9 Å². The molecule has 1 aromatic heterocycles. The van der Waals surface area contributed by atoms with Crippen LogP contribution in [0.2, 0.25) is 5.02 Å². The molecule has 0 aliphatic carbocycles. The van der Waals surface area contributed by atoms with Crippen molar-refractivity contribution in [2.75, 3.05) is 7.05 Å². The molecule has 1 heterocycles. The second-order valence-corrected chi connectivity index (χ2v) is 5.13. The molecule has 0 bridgehead atoms. The molecule has 0 fully saturated rings. The molecule has 0 aliphatic heterocycles. The lowest BCUT2D eigenvalue weighted by Crippen LogP contribution is -2.19. The molecule has 0 spiro atoms. The van der Waals surface area contributed by atoms with Crippen molar-refractivity contribution in [1.82, 2.24) is 10.3 Å². The highest BCUT2D eigenvalue weighted by Crippen LogP contribution is 2.26. The van der Waals surface area contributed by atoms with Crippen molar-refractivity contribution in [2.45, 2.75) is 25.8 Å². The van der Waals surface area contributed by atoms with Crippen molar-refractivity contribution >= 4 is 11.6 Å². The van der Waals surface area contributed by atoms with Gasteiger partial charge in [-0.15, -0.1) is 0 Å². The maximum Gasteiger partial charge on any atom is 0.124 e. The average Bonchev–Trinajstić information content (AvgIpc) is 2.46. The molecule has 2 rings (SSSR count). The lowest BCUT2D eigenvalue weighted by Gasteiger charge is -2.18. The van der Waals surface area contributed by atoms with Gasteiger partial charge in [-0.2, -0.15) is 0 Å². The lowest BCUT2D eigenvalue weighted by molar-refractivity contribution is 0.579. The van der Waals surface area contributed by atoms with Crippen LogP contribution in [0.25, 0.3) is 0 Å². The van der Waals surface area contributed by atoms with E-state index in [1.54, 1.807) is 6.07 Å². The fourth-order valence-electron chi connectivity index (χ4n) is 2.15. The third kappa shape index (κ3) is 3.56. The van der Waals surface area contributed by atoms with E-state index in [0.29, 0.717) is 11.4 Å². The van der Waals surface area contributed by atoms with E-state index in [4.69, 9.17) is 11.6 Å². The van der Waals surface area contributed by atoms with E-state index in [2.05, 4.69) is 23.3 Å². The lowest BCUT2D eigenvalue weighted by atomic mass is 10.0. The van der Waals surface area contributed by atoms with Crippen LogP contribution in [0.5, 0.6) is 0 Å². The molecule has 0 radical (unpaired) electrons. The SMILES string of the molecule is CCc1ccc(CC(NC)c2ccc(F)cc2Cl)nc1. The Balaban J connectivity index is 2.19. The summed E-state index contributed by atoms with van der Waals surface area (Å²) in [4.78, 5) is 4.45. The van der Waals surface area contributed by atoms with Crippen molar-refractivity contribution in [2.24, 2.45) is 0 Å². The maximum absolute atomic E-state index is 13.1. The van der Waals surface area contributed by atoms with Crippen LogP contribution in [0, 0.1) is 5.82 Å². The maximum atomic E-state index is 13.1. The van der Waals surface area contributed by atoms with Crippen molar-refractivity contribution < 1.29 is 4.39 Å². The predicted molar refractivity (Wildman–Crippen MR) is 80.5 cm³/mol. The van der Waals surface area contributed by atoms with Crippen LogP contribution in [0.15, 0.2) is 36.5 Å². The molecule has 0 amide bonds. The van der Waals surface area contributed by atoms with Gasteiger partial charge in [-0.05, 0) is 42.8 Å². The second kappa shape index (κ2) is 6.82. The summed E-state index contributed by atoms with van der Waals surface area (Å²) in [6.45, 7) is 2.10. The fraction of sp³-hybridized carbons (Fsp3) is 0.312. The average molecular weight is 293 g/mol. The smallest absolute Gasteiger partial charge is 0.124 e. The summed E-state index contributed by atoms with van der Waals surface area (Å²) in [7, 11) is 1.87. The standard InChI is InChI=1S/C16H18ClFN2/c1-3-11-4-6-13(20-10-11)9-16(19-2)14-7-5-12(18)8-15(14)17/h4-8,10,16,19H,3,9H2,1-2H3. The first-order valence-electron chi connectivity index (χ1n) is 6.70. The van der Waals surface area contributed by atoms with Gasteiger partial charge >= 0.3 is 0 Å². The van der Waals surface area contributed by atoms with Gasteiger partial charge in [0.25, 0.3) is 0 Å². The summed E-state index contributed by atoms with van der Waals surface area (Å²) in [5.74, 6) is -0.320. The molecule has 106 valence electrons. The molecular formula is C16H18ClFN2. The number of likely N-dealkylation sites (N-methyl/N-ethyl adjacent to an activating group) is 1. The monoisotopic (exact) mass is 292 g/mol. The molecule has 2 aromatic rings. The number of rotatable bonds is 5. The largest absolute Gasteiger partial charge is 0.313 e. The normalized spacial score (nSPS) is 12.4. The second-order valence-electron chi connectivity index (χ2n) is 4.72. The predicted octanol–water partition coefficient (Wildman–Crippen LogP) is 3.94. The van der Waals surface area contributed by atoms with Crippen molar-refractivity contribution in [3.63, 3.8) is 0 Å². The van der Waals surface area contributed by atoms with E-state index in [1.807, 2.05) is 19.3 Å². The zero-order valence-electron chi connectivity index (χ0n) is 11.7. The number of halogens is 2. The first-order valence-corrected chi connectivity index (χ1v) is 7.07. The van der Waals surface area contributed by atoms with E-state index in [0.717, 1.165) is 17.7 Å². The van der Waals surface area contributed by atoms with Gasteiger partial charge in [-0.3, -0.25) is 4.98 Å². The number of aryl methyl sites for hydroxylation is 1. The van der Waals surface area contributed by atoms with E-state index < -0.39 is 0 Å². The Morgan fingerprint density at radius 3 is 2.65 bits per heavy atom. The summed E-state index contributed by atoms with van der Waals surface area (Å²) in [6.07, 6.45) is 3.59. The number of aromatic nitrogens is 1. The van der Waals surface area contributed by atoms with Gasteiger partial charge in [0, 0.05) is 29.4 Å². The van der Waals surface area contributed by atoms with Gasteiger partial charge in [0.15, 0.2) is 0 Å². The summed E-state index contributed by atoms with van der Waals surface area (Å²) in [5, 5.41) is 3.65. The number of nitrogens with one attached hydrogen (secondary N) is 1. The molecule has 2 nitrogen and oxygen atoms in total. The van der Waals surface area contributed by atoms with Gasteiger partial charge in [0.05, 0.1) is 0 Å². The number of benzene rings is 1. The third-order valence-electron chi connectivity index (χ3n) is 3.39. The minimum Gasteiger partial charge on any atom is -0.313 e. The molecule has 1 aromatic carbocycles. The molecule has 1 N–H and O–H groups in total. The van der Waals surface area contributed by atoms with Crippen LogP contribution in [-0.4, -0.2) is 12.0 Å². The van der Waals surface area contributed by atoms with Gasteiger partial charge in [0.1, 0.15) is 5.82 Å². The molecule has 4 heteroatoms. The van der Waals surface area contributed by atoms with Crippen LogP contribution in [-0.2, 0) is 12.8 Å². The van der Waals surface area contributed by atoms with Crippen LogP contribution in [0.4, 0.5) is 4.39 Å². The molecule has 1 unspecified atom stereocenters. The summed E-state index contributed by atoms with van der Waals surface area (Å²) >= 11 is 6.12. The molecule has 20 heavy (non-hydrogen) atoms. The zero-order chi connectivity index (χ0) is 14.5. The van der Waals surface area contributed by atoms with E-state index >= 15 is 0 Å². The van der Waals surface area contributed by atoms with Gasteiger partial charge in [-0.25, -0.2) is 4.39 Å². The fourth-order valence-corrected chi connectivity index (χ4v) is 2.44. The Bertz CT molecular complexity index is 569. The minimum absolute atomic E-state index is 0.0167. The summed E-state index contributed by atoms with van der Waals surface area (Å²) in [6, 6.07) is 8.62. The quantitative estimate of drug-likeness (QED) is 0.903. The van der Waals surface area contributed by atoms with Gasteiger partial charge in [-0.1, -0.05) is 30.7 Å². The first-order chi connectivity index (χ1) is 9.63. The number of hydrogen-bond donors (Lipinski definition) is 1. The van der Waals surface area contributed by atoms with E-state index in [1.165, 1.54) is 17.7 Å². The van der Waals surface area contributed by atoms with Gasteiger partial charge < -0.3 is 5.32 Å². The number of pyridine rings is 1. The highest BCUT2D eigenvalue weighted by Gasteiger charge is 2.14. The Morgan fingerprint density at radius 2 is 2.10 bits per heavy atom. The van der Waals surface area contributed by atoms with Crippen LogP contribution in [0.1, 0.15) is 29.8 Å². The summed E-state index contributed by atoms with van der Waals surface area (Å²) in [5.41, 5.74) is 3.09. The molecular weight excluding hydrogens is 275 g/mol. The van der Waals surface area contributed by atoms with Crippen molar-refractivity contribution in [3.05, 3.63) is 64.2 Å². The molecule has 0 aliphatic rings. The third-order valence-corrected chi connectivity index (χ3v) is 3.72. The Kier molecular flexibility index (Phi) is 5.10. The Hall–Kier alpha value is -1.45.